The molecule has 1 aliphatic rings. The molecule has 1 saturated heterocycles. The molecule has 0 aromatic carbocycles. The summed E-state index contributed by atoms with van der Waals surface area (Å²) in [6, 6.07) is -0.417. The van der Waals surface area contributed by atoms with Crippen molar-refractivity contribution in [3.63, 3.8) is 0 Å². The molecule has 116 valence electrons. The number of urea groups is 1. The minimum absolute atomic E-state index is 0.0915. The van der Waals surface area contributed by atoms with Crippen LogP contribution in [-0.4, -0.2) is 47.6 Å². The van der Waals surface area contributed by atoms with E-state index < -0.39 is 11.7 Å². The molecule has 1 aromatic heterocycles. The quantitative estimate of drug-likeness (QED) is 0.818. The summed E-state index contributed by atoms with van der Waals surface area (Å²) in [7, 11) is 0. The maximum Gasteiger partial charge on any atom is 0.419 e. The average Bonchev–Trinajstić information content (AvgIpc) is 2.39. The van der Waals surface area contributed by atoms with E-state index in [0.29, 0.717) is 25.5 Å². The molecule has 6 nitrogen and oxygen atoms in total. The largest absolute Gasteiger partial charge is 0.419 e. The van der Waals surface area contributed by atoms with E-state index >= 15 is 0 Å². The molecule has 0 atom stereocenters. The summed E-state index contributed by atoms with van der Waals surface area (Å²) in [6.45, 7) is 1.26. The zero-order chi connectivity index (χ0) is 15.5. The third kappa shape index (κ3) is 4.10. The van der Waals surface area contributed by atoms with Crippen LogP contribution in [0.5, 0.6) is 0 Å². The van der Waals surface area contributed by atoms with Crippen LogP contribution >= 0.6 is 11.6 Å². The maximum atomic E-state index is 12.4. The van der Waals surface area contributed by atoms with Gasteiger partial charge in [-0.15, -0.1) is 11.6 Å². The number of hydrogen-bond donors (Lipinski definition) is 2. The van der Waals surface area contributed by atoms with Crippen molar-refractivity contribution < 1.29 is 18.0 Å². The van der Waals surface area contributed by atoms with Gasteiger partial charge < -0.3 is 15.5 Å². The van der Waals surface area contributed by atoms with E-state index in [4.69, 9.17) is 11.6 Å². The van der Waals surface area contributed by atoms with Gasteiger partial charge >= 0.3 is 12.2 Å². The van der Waals surface area contributed by atoms with Gasteiger partial charge in [-0.3, -0.25) is 0 Å². The third-order valence-corrected chi connectivity index (χ3v) is 3.03. The molecule has 2 heterocycles. The number of amides is 2. The lowest BCUT2D eigenvalue weighted by atomic mass is 10.1. The zero-order valence-electron chi connectivity index (χ0n) is 10.8. The van der Waals surface area contributed by atoms with Crippen molar-refractivity contribution in [1.82, 2.24) is 20.6 Å². The van der Waals surface area contributed by atoms with E-state index in [1.54, 1.807) is 4.90 Å². The molecule has 0 unspecified atom stereocenters. The molecule has 0 radical (unpaired) electrons. The number of anilines is 1. The summed E-state index contributed by atoms with van der Waals surface area (Å²) in [4.78, 5) is 20.4. The van der Waals surface area contributed by atoms with Crippen molar-refractivity contribution in [1.29, 1.82) is 0 Å². The monoisotopic (exact) mass is 323 g/mol. The number of rotatable bonds is 4. The number of carbonyl (C=O) groups excluding carboxylic acids is 1. The van der Waals surface area contributed by atoms with E-state index in [9.17, 15) is 18.0 Å². The van der Waals surface area contributed by atoms with Gasteiger partial charge in [0.25, 0.3) is 0 Å². The second kappa shape index (κ2) is 6.33. The molecular formula is C11H13ClF3N5O. The van der Waals surface area contributed by atoms with Gasteiger partial charge in [-0.25, -0.2) is 14.8 Å². The van der Waals surface area contributed by atoms with Gasteiger partial charge in [0.15, 0.2) is 0 Å². The van der Waals surface area contributed by atoms with E-state index in [0.717, 1.165) is 12.4 Å². The number of carbonyl (C=O) groups is 1. The molecule has 1 aromatic rings. The Morgan fingerprint density at radius 3 is 2.52 bits per heavy atom. The molecular weight excluding hydrogens is 311 g/mol. The number of nitrogens with zero attached hydrogens (tertiary/aromatic N) is 3. The minimum atomic E-state index is -4.45. The third-order valence-electron chi connectivity index (χ3n) is 2.85. The van der Waals surface area contributed by atoms with Crippen LogP contribution in [0.3, 0.4) is 0 Å². The smallest absolute Gasteiger partial charge is 0.337 e. The summed E-state index contributed by atoms with van der Waals surface area (Å²) in [5.41, 5.74) is -0.887. The molecule has 10 heteroatoms. The van der Waals surface area contributed by atoms with Crippen molar-refractivity contribution in [3.05, 3.63) is 18.0 Å². The van der Waals surface area contributed by atoms with Gasteiger partial charge in [-0.05, 0) is 0 Å². The Morgan fingerprint density at radius 1 is 1.38 bits per heavy atom. The van der Waals surface area contributed by atoms with Crippen LogP contribution < -0.4 is 15.5 Å². The lowest BCUT2D eigenvalue weighted by Gasteiger charge is -2.39. The maximum absolute atomic E-state index is 12.4. The van der Waals surface area contributed by atoms with E-state index in [1.165, 1.54) is 0 Å². The van der Waals surface area contributed by atoms with E-state index in [2.05, 4.69) is 20.6 Å². The summed E-state index contributed by atoms with van der Waals surface area (Å²) in [6.07, 6.45) is -2.95. The summed E-state index contributed by atoms with van der Waals surface area (Å²) in [5.74, 6) is 0.533. The standard InChI is InChI=1S/C11H13ClF3N5O/c12-1-2-16-10(21)19-8-5-20(6-8)9-17-3-7(4-18-9)11(13,14)15/h3-4,8H,1-2,5-6H2,(H2,16,19,21). The Hall–Kier alpha value is -1.77. The first-order chi connectivity index (χ1) is 9.90. The molecule has 1 aliphatic heterocycles. The summed E-state index contributed by atoms with van der Waals surface area (Å²) in [5, 5.41) is 5.25. The highest BCUT2D eigenvalue weighted by Crippen LogP contribution is 2.28. The highest BCUT2D eigenvalue weighted by Gasteiger charge is 2.33. The molecule has 2 N–H and O–H groups in total. The molecule has 0 spiro atoms. The van der Waals surface area contributed by atoms with E-state index in [-0.39, 0.29) is 18.0 Å². The molecule has 0 saturated carbocycles. The van der Waals surface area contributed by atoms with Crippen molar-refractivity contribution >= 4 is 23.6 Å². The Bertz CT molecular complexity index is 490. The average molecular weight is 324 g/mol. The zero-order valence-corrected chi connectivity index (χ0v) is 11.6. The Kier molecular flexibility index (Phi) is 4.71. The van der Waals surface area contributed by atoms with Crippen molar-refractivity contribution in [2.45, 2.75) is 12.2 Å². The first kappa shape index (κ1) is 15.6. The highest BCUT2D eigenvalue weighted by molar-refractivity contribution is 6.18. The SMILES string of the molecule is O=C(NCCCl)NC1CN(c2ncc(C(F)(F)F)cn2)C1. The lowest BCUT2D eigenvalue weighted by molar-refractivity contribution is -0.138. The van der Waals surface area contributed by atoms with Gasteiger partial charge in [-0.1, -0.05) is 0 Å². The van der Waals surface area contributed by atoms with Gasteiger partial charge in [0.2, 0.25) is 5.95 Å². The van der Waals surface area contributed by atoms with E-state index in [1.807, 2.05) is 0 Å². The van der Waals surface area contributed by atoms with Gasteiger partial charge in [0.1, 0.15) is 0 Å². The fraction of sp³-hybridized carbons (Fsp3) is 0.545. The Labute approximate surface area is 123 Å². The van der Waals surface area contributed by atoms with Crippen molar-refractivity contribution in [2.24, 2.45) is 0 Å². The predicted molar refractivity (Wildman–Crippen MR) is 70.3 cm³/mol. The first-order valence-electron chi connectivity index (χ1n) is 6.14. The van der Waals surface area contributed by atoms with Crippen LogP contribution in [0.25, 0.3) is 0 Å². The topological polar surface area (TPSA) is 70.2 Å². The fourth-order valence-electron chi connectivity index (χ4n) is 1.76. The number of nitrogens with one attached hydrogen (secondary N) is 2. The van der Waals surface area contributed by atoms with Crippen LogP contribution in [0.4, 0.5) is 23.9 Å². The second-order valence-corrected chi connectivity index (χ2v) is 4.84. The molecule has 21 heavy (non-hydrogen) atoms. The first-order valence-corrected chi connectivity index (χ1v) is 6.68. The fourth-order valence-corrected chi connectivity index (χ4v) is 1.86. The van der Waals surface area contributed by atoms with Crippen molar-refractivity contribution in [3.8, 4) is 0 Å². The van der Waals surface area contributed by atoms with Gasteiger partial charge in [0.05, 0.1) is 11.6 Å². The minimum Gasteiger partial charge on any atom is -0.337 e. The number of halogens is 4. The Balaban J connectivity index is 1.80. The molecule has 2 amide bonds. The number of hydrogen-bond acceptors (Lipinski definition) is 4. The Morgan fingerprint density at radius 2 is 2.00 bits per heavy atom. The molecule has 1 fully saturated rings. The van der Waals surface area contributed by atoms with Crippen LogP contribution in [-0.2, 0) is 6.18 Å². The molecule has 2 rings (SSSR count). The van der Waals surface area contributed by atoms with Crippen LogP contribution in [0.1, 0.15) is 5.56 Å². The van der Waals surface area contributed by atoms with Crippen molar-refractivity contribution in [2.75, 3.05) is 30.4 Å². The predicted octanol–water partition coefficient (Wildman–Crippen LogP) is 1.22. The summed E-state index contributed by atoms with van der Waals surface area (Å²) < 4.78 is 37.1. The second-order valence-electron chi connectivity index (χ2n) is 4.46. The highest BCUT2D eigenvalue weighted by atomic mass is 35.5. The number of aromatic nitrogens is 2. The number of alkyl halides is 4. The van der Waals surface area contributed by atoms with Crippen LogP contribution in [0.15, 0.2) is 12.4 Å². The summed E-state index contributed by atoms with van der Waals surface area (Å²) >= 11 is 5.43. The molecule has 0 bridgehead atoms. The van der Waals surface area contributed by atoms with Crippen LogP contribution in [0.2, 0.25) is 0 Å². The van der Waals surface area contributed by atoms with Gasteiger partial charge in [-0.2, -0.15) is 13.2 Å². The van der Waals surface area contributed by atoms with Crippen LogP contribution in [0, 0.1) is 0 Å². The normalized spacial score (nSPS) is 15.5. The molecule has 0 aliphatic carbocycles. The van der Waals surface area contributed by atoms with Gasteiger partial charge in [0, 0.05) is 37.9 Å². The lowest BCUT2D eigenvalue weighted by Crippen LogP contribution is -2.61.